The molecule has 1 aromatic carbocycles. The van der Waals surface area contributed by atoms with Crippen LogP contribution in [0, 0.1) is 34.6 Å². The Morgan fingerprint density at radius 3 is 2.35 bits per heavy atom. The molecule has 10 heteroatoms. The average Bonchev–Trinajstić information content (AvgIpc) is 3.55. The van der Waals surface area contributed by atoms with Crippen LogP contribution in [0.2, 0.25) is 0 Å². The first-order valence-corrected chi connectivity index (χ1v) is 13.4. The highest BCUT2D eigenvalue weighted by Crippen LogP contribution is 2.21. The third-order valence-electron chi connectivity index (χ3n) is 5.48. The second kappa shape index (κ2) is 10.2. The maximum absolute atomic E-state index is 11.6. The van der Waals surface area contributed by atoms with E-state index in [9.17, 15) is 9.59 Å². The Morgan fingerprint density at radius 1 is 0.882 bits per heavy atom. The molecule has 0 unspecified atom stereocenters. The van der Waals surface area contributed by atoms with Gasteiger partial charge in [0, 0.05) is 46.4 Å². The van der Waals surface area contributed by atoms with Crippen LogP contribution in [-0.4, -0.2) is 29.7 Å². The average molecular weight is 512 g/mol. The molecule has 0 aliphatic carbocycles. The molecule has 5 aromatic rings. The summed E-state index contributed by atoms with van der Waals surface area (Å²) in [6.07, 6.45) is 1.75. The molecular weight excluding hydrogens is 486 g/mol. The van der Waals surface area contributed by atoms with Crippen LogP contribution in [0.4, 0.5) is 0 Å². The summed E-state index contributed by atoms with van der Waals surface area (Å²) in [6.45, 7) is 10.2. The lowest BCUT2D eigenvalue weighted by Crippen LogP contribution is -2.23. The van der Waals surface area contributed by atoms with Crippen LogP contribution in [0.3, 0.4) is 0 Å². The number of hydrogen-bond acceptors (Lipinski definition) is 8. The molecule has 0 radical (unpaired) electrons. The molecule has 0 spiro atoms. The Balaban J connectivity index is 0.000000121. The van der Waals surface area contributed by atoms with Gasteiger partial charge in [-0.3, -0.25) is 18.6 Å². The normalized spacial score (nSPS) is 12.1. The SMILES string of the molecule is Cc1nc2ccccc2s1.Cc1nc2n(c(=O)c1C)CCS2.Cc1nc2sccn2c(=O)c1C. The maximum Gasteiger partial charge on any atom is 0.261 e. The summed E-state index contributed by atoms with van der Waals surface area (Å²) in [4.78, 5) is 36.8. The highest BCUT2D eigenvalue weighted by atomic mass is 32.2. The van der Waals surface area contributed by atoms with E-state index in [0.29, 0.717) is 0 Å². The van der Waals surface area contributed by atoms with Gasteiger partial charge in [-0.15, -0.1) is 22.7 Å². The van der Waals surface area contributed by atoms with Crippen LogP contribution >= 0.6 is 34.4 Å². The fraction of sp³-hybridized carbons (Fsp3) is 0.292. The van der Waals surface area contributed by atoms with E-state index < -0.39 is 0 Å². The van der Waals surface area contributed by atoms with Gasteiger partial charge in [-0.25, -0.2) is 15.0 Å². The number of benzene rings is 1. The van der Waals surface area contributed by atoms with E-state index in [-0.39, 0.29) is 11.1 Å². The summed E-state index contributed by atoms with van der Waals surface area (Å²) in [5, 5.41) is 3.88. The minimum Gasteiger partial charge on any atom is -0.287 e. The summed E-state index contributed by atoms with van der Waals surface area (Å²) in [5.74, 6) is 0.977. The zero-order chi connectivity index (χ0) is 24.4. The number of rotatable bonds is 0. The summed E-state index contributed by atoms with van der Waals surface area (Å²) in [5.41, 5.74) is 4.47. The summed E-state index contributed by atoms with van der Waals surface area (Å²) < 4.78 is 4.61. The molecule has 0 saturated heterocycles. The van der Waals surface area contributed by atoms with Gasteiger partial charge in [-0.1, -0.05) is 23.9 Å². The second-order valence-corrected chi connectivity index (χ2v) is 11.0. The van der Waals surface area contributed by atoms with Gasteiger partial charge < -0.3 is 0 Å². The third kappa shape index (κ3) is 4.98. The van der Waals surface area contributed by atoms with Gasteiger partial charge in [0.05, 0.1) is 15.2 Å². The zero-order valence-corrected chi connectivity index (χ0v) is 22.1. The van der Waals surface area contributed by atoms with Crippen molar-refractivity contribution < 1.29 is 0 Å². The van der Waals surface area contributed by atoms with Crippen molar-refractivity contribution in [3.05, 3.63) is 84.1 Å². The molecule has 0 N–H and O–H groups in total. The standard InChI is InChI=1S/C8H10N2OS.C8H8N2OS.C8H7NS/c2*1-5-6(2)9-8-10(7(5)11)3-4-12-8;1-6-9-7-4-2-3-5-8(7)10-6/h3-4H2,1-2H3;3-4H,1-2H3;2-5H,1H3. The Morgan fingerprint density at radius 2 is 1.59 bits per heavy atom. The Labute approximate surface area is 209 Å². The highest BCUT2D eigenvalue weighted by molar-refractivity contribution is 7.99. The maximum atomic E-state index is 11.6. The number of fused-ring (bicyclic) bond motifs is 3. The first-order chi connectivity index (χ1) is 16.3. The van der Waals surface area contributed by atoms with E-state index in [4.69, 9.17) is 0 Å². The summed E-state index contributed by atoms with van der Waals surface area (Å²) in [7, 11) is 0. The van der Waals surface area contributed by atoms with Crippen molar-refractivity contribution in [3.8, 4) is 0 Å². The van der Waals surface area contributed by atoms with E-state index >= 15 is 0 Å². The van der Waals surface area contributed by atoms with Crippen molar-refractivity contribution >= 4 is 49.6 Å². The predicted molar refractivity (Wildman–Crippen MR) is 142 cm³/mol. The number of nitrogens with zero attached hydrogens (tertiary/aromatic N) is 5. The molecule has 0 amide bonds. The van der Waals surface area contributed by atoms with Crippen molar-refractivity contribution in [1.29, 1.82) is 0 Å². The van der Waals surface area contributed by atoms with Crippen molar-refractivity contribution in [1.82, 2.24) is 23.9 Å². The van der Waals surface area contributed by atoms with Crippen LogP contribution in [-0.2, 0) is 6.54 Å². The Bertz CT molecular complexity index is 1560. The fourth-order valence-electron chi connectivity index (χ4n) is 3.32. The lowest BCUT2D eigenvalue weighted by atomic mass is 10.3. The van der Waals surface area contributed by atoms with Crippen LogP contribution < -0.4 is 11.1 Å². The Hall–Kier alpha value is -2.82. The molecule has 0 fully saturated rings. The van der Waals surface area contributed by atoms with Gasteiger partial charge in [0.15, 0.2) is 10.1 Å². The number of thioether (sulfide) groups is 1. The van der Waals surface area contributed by atoms with E-state index in [2.05, 4.69) is 21.0 Å². The van der Waals surface area contributed by atoms with Gasteiger partial charge >= 0.3 is 0 Å². The molecule has 4 aromatic heterocycles. The number of hydrogen-bond donors (Lipinski definition) is 0. The monoisotopic (exact) mass is 511 g/mol. The fourth-order valence-corrected chi connectivity index (χ4v) is 5.89. The van der Waals surface area contributed by atoms with Crippen LogP contribution in [0.15, 0.2) is 50.6 Å². The molecule has 7 nitrogen and oxygen atoms in total. The van der Waals surface area contributed by atoms with Crippen molar-refractivity contribution in [2.24, 2.45) is 0 Å². The molecule has 6 rings (SSSR count). The first kappa shape index (κ1) is 24.3. The van der Waals surface area contributed by atoms with Gasteiger partial charge in [0.25, 0.3) is 11.1 Å². The molecule has 1 aliphatic heterocycles. The lowest BCUT2D eigenvalue weighted by molar-refractivity contribution is 0.642. The van der Waals surface area contributed by atoms with Crippen LogP contribution in [0.1, 0.15) is 27.5 Å². The number of para-hydroxylation sites is 1. The molecule has 176 valence electrons. The van der Waals surface area contributed by atoms with Crippen LogP contribution in [0.25, 0.3) is 15.2 Å². The molecular formula is C24H25N5O2S3. The molecule has 0 bridgehead atoms. The summed E-state index contributed by atoms with van der Waals surface area (Å²) >= 11 is 4.87. The predicted octanol–water partition coefficient (Wildman–Crippen LogP) is 4.94. The quantitative estimate of drug-likeness (QED) is 0.274. The molecule has 1 aliphatic rings. The molecule has 34 heavy (non-hydrogen) atoms. The van der Waals surface area contributed by atoms with E-state index in [1.807, 2.05) is 51.3 Å². The molecule has 0 saturated carbocycles. The van der Waals surface area contributed by atoms with Crippen molar-refractivity contribution in [3.63, 3.8) is 0 Å². The number of thiazole rings is 2. The lowest BCUT2D eigenvalue weighted by Gasteiger charge is -2.04. The topological polar surface area (TPSA) is 82.2 Å². The van der Waals surface area contributed by atoms with Gasteiger partial charge in [-0.05, 0) is 46.8 Å². The zero-order valence-electron chi connectivity index (χ0n) is 19.7. The number of aromatic nitrogens is 5. The van der Waals surface area contributed by atoms with E-state index in [1.54, 1.807) is 45.2 Å². The van der Waals surface area contributed by atoms with Gasteiger partial charge in [0.2, 0.25) is 0 Å². The Kier molecular flexibility index (Phi) is 7.30. The van der Waals surface area contributed by atoms with Crippen molar-refractivity contribution in [2.45, 2.75) is 46.3 Å². The van der Waals surface area contributed by atoms with Gasteiger partial charge in [-0.2, -0.15) is 0 Å². The van der Waals surface area contributed by atoms with E-state index in [1.165, 1.54) is 16.0 Å². The minimum absolute atomic E-state index is 0.0405. The summed E-state index contributed by atoms with van der Waals surface area (Å²) in [6, 6.07) is 8.19. The molecule has 5 heterocycles. The van der Waals surface area contributed by atoms with Gasteiger partial charge in [0.1, 0.15) is 0 Å². The highest BCUT2D eigenvalue weighted by Gasteiger charge is 2.16. The smallest absolute Gasteiger partial charge is 0.261 e. The number of aryl methyl sites for hydroxylation is 3. The van der Waals surface area contributed by atoms with E-state index in [0.717, 1.165) is 55.5 Å². The minimum atomic E-state index is 0.0405. The largest absolute Gasteiger partial charge is 0.287 e. The third-order valence-corrected chi connectivity index (χ3v) is 8.15. The second-order valence-electron chi connectivity index (χ2n) is 7.79. The molecule has 0 atom stereocenters. The van der Waals surface area contributed by atoms with Crippen LogP contribution in [0.5, 0.6) is 0 Å². The van der Waals surface area contributed by atoms with Crippen molar-refractivity contribution in [2.75, 3.05) is 5.75 Å². The first-order valence-electron chi connectivity index (χ1n) is 10.7.